The van der Waals surface area contributed by atoms with Crippen molar-refractivity contribution in [3.05, 3.63) is 34.6 Å². The van der Waals surface area contributed by atoms with Gasteiger partial charge in [-0.1, -0.05) is 18.5 Å². The first-order valence-corrected chi connectivity index (χ1v) is 5.18. The van der Waals surface area contributed by atoms with Crippen LogP contribution in [0.15, 0.2) is 18.2 Å². The maximum Gasteiger partial charge on any atom is 0.123 e. The van der Waals surface area contributed by atoms with Gasteiger partial charge in [-0.3, -0.25) is 0 Å². The highest BCUT2D eigenvalue weighted by Crippen LogP contribution is 2.18. The van der Waals surface area contributed by atoms with E-state index < -0.39 is 0 Å². The largest absolute Gasteiger partial charge is 0.314 e. The summed E-state index contributed by atoms with van der Waals surface area (Å²) in [5.74, 6) is -0.229. The van der Waals surface area contributed by atoms with Crippen LogP contribution in [0.4, 0.5) is 4.39 Å². The Labute approximate surface area is 89.3 Å². The van der Waals surface area contributed by atoms with E-state index in [2.05, 4.69) is 12.2 Å². The van der Waals surface area contributed by atoms with Crippen molar-refractivity contribution in [2.45, 2.75) is 26.3 Å². The molecule has 1 N–H and O–H groups in total. The van der Waals surface area contributed by atoms with Gasteiger partial charge < -0.3 is 5.32 Å². The molecule has 1 aromatic carbocycles. The van der Waals surface area contributed by atoms with Crippen LogP contribution in [0.5, 0.6) is 0 Å². The summed E-state index contributed by atoms with van der Waals surface area (Å²) in [5, 5.41) is 3.89. The third-order valence-electron chi connectivity index (χ3n) is 2.09. The molecule has 0 aliphatic carbocycles. The van der Waals surface area contributed by atoms with Crippen molar-refractivity contribution in [2.75, 3.05) is 6.54 Å². The second-order valence-electron chi connectivity index (χ2n) is 3.40. The topological polar surface area (TPSA) is 12.0 Å². The minimum absolute atomic E-state index is 0.229. The van der Waals surface area contributed by atoms with Crippen molar-refractivity contribution < 1.29 is 4.39 Å². The van der Waals surface area contributed by atoms with Crippen LogP contribution in [0.1, 0.15) is 19.4 Å². The Balaban J connectivity index is 2.70. The predicted molar refractivity (Wildman–Crippen MR) is 58.3 cm³/mol. The minimum atomic E-state index is -0.229. The number of nitrogens with one attached hydrogen (secondary N) is 1. The zero-order valence-corrected chi connectivity index (χ0v) is 9.24. The molecule has 0 aliphatic heterocycles. The van der Waals surface area contributed by atoms with E-state index >= 15 is 0 Å². The lowest BCUT2D eigenvalue weighted by Gasteiger charge is -2.13. The molecule has 0 radical (unpaired) electrons. The number of likely N-dealkylation sites (N-methyl/N-ethyl adjacent to an activating group) is 1. The summed E-state index contributed by atoms with van der Waals surface area (Å²) >= 11 is 5.95. The van der Waals surface area contributed by atoms with Crippen molar-refractivity contribution in [3.63, 3.8) is 0 Å². The van der Waals surface area contributed by atoms with E-state index in [4.69, 9.17) is 11.6 Å². The molecule has 0 fully saturated rings. The average Bonchev–Trinajstić information content (AvgIpc) is 2.12. The van der Waals surface area contributed by atoms with Gasteiger partial charge in [0, 0.05) is 11.1 Å². The molecule has 1 aromatic rings. The molecule has 14 heavy (non-hydrogen) atoms. The lowest BCUT2D eigenvalue weighted by molar-refractivity contribution is 0.561. The number of hydrogen-bond donors (Lipinski definition) is 1. The molecule has 1 rings (SSSR count). The van der Waals surface area contributed by atoms with Gasteiger partial charge in [0.25, 0.3) is 0 Å². The minimum Gasteiger partial charge on any atom is -0.314 e. The van der Waals surface area contributed by atoms with Gasteiger partial charge >= 0.3 is 0 Å². The normalized spacial score (nSPS) is 12.9. The molecular formula is C11H15ClFN. The maximum atomic E-state index is 12.9. The lowest BCUT2D eigenvalue weighted by atomic mass is 10.1. The van der Waals surface area contributed by atoms with Gasteiger partial charge in [-0.15, -0.1) is 0 Å². The first-order chi connectivity index (χ1) is 6.63. The summed E-state index contributed by atoms with van der Waals surface area (Å²) in [4.78, 5) is 0. The molecule has 3 heteroatoms. The van der Waals surface area contributed by atoms with Crippen molar-refractivity contribution in [1.29, 1.82) is 0 Å². The van der Waals surface area contributed by atoms with Crippen LogP contribution >= 0.6 is 11.6 Å². The van der Waals surface area contributed by atoms with Gasteiger partial charge in [-0.25, -0.2) is 4.39 Å². The first kappa shape index (κ1) is 11.5. The molecule has 0 aliphatic rings. The van der Waals surface area contributed by atoms with Crippen LogP contribution in [0, 0.1) is 5.82 Å². The number of rotatable bonds is 4. The Morgan fingerprint density at radius 1 is 1.50 bits per heavy atom. The quantitative estimate of drug-likeness (QED) is 0.814. The predicted octanol–water partition coefficient (Wildman–Crippen LogP) is 3.02. The van der Waals surface area contributed by atoms with E-state index in [1.54, 1.807) is 6.07 Å². The Kier molecular flexibility index (Phi) is 4.36. The molecule has 1 unspecified atom stereocenters. The lowest BCUT2D eigenvalue weighted by Crippen LogP contribution is -2.27. The summed E-state index contributed by atoms with van der Waals surface area (Å²) in [6.07, 6.45) is 0.754. The highest BCUT2D eigenvalue weighted by molar-refractivity contribution is 6.31. The van der Waals surface area contributed by atoms with E-state index in [0.29, 0.717) is 11.1 Å². The summed E-state index contributed by atoms with van der Waals surface area (Å²) in [7, 11) is 0. The third kappa shape index (κ3) is 3.28. The van der Waals surface area contributed by atoms with Crippen molar-refractivity contribution in [2.24, 2.45) is 0 Å². The van der Waals surface area contributed by atoms with Crippen LogP contribution in [0.25, 0.3) is 0 Å². The maximum absolute atomic E-state index is 12.9. The van der Waals surface area contributed by atoms with E-state index in [1.807, 2.05) is 6.92 Å². The van der Waals surface area contributed by atoms with Crippen LogP contribution < -0.4 is 5.32 Å². The monoisotopic (exact) mass is 215 g/mol. The summed E-state index contributed by atoms with van der Waals surface area (Å²) in [6, 6.07) is 4.80. The molecule has 0 saturated carbocycles. The van der Waals surface area contributed by atoms with Crippen molar-refractivity contribution in [1.82, 2.24) is 5.32 Å². The Morgan fingerprint density at radius 2 is 2.21 bits per heavy atom. The second kappa shape index (κ2) is 5.32. The zero-order valence-electron chi connectivity index (χ0n) is 8.48. The molecule has 0 heterocycles. The smallest absolute Gasteiger partial charge is 0.123 e. The van der Waals surface area contributed by atoms with Gasteiger partial charge in [-0.05, 0) is 43.7 Å². The van der Waals surface area contributed by atoms with Crippen LogP contribution in [0.2, 0.25) is 5.02 Å². The van der Waals surface area contributed by atoms with Gasteiger partial charge in [0.15, 0.2) is 0 Å². The number of benzene rings is 1. The highest BCUT2D eigenvalue weighted by Gasteiger charge is 2.06. The molecule has 1 atom stereocenters. The van der Waals surface area contributed by atoms with Crippen LogP contribution in [-0.2, 0) is 6.42 Å². The number of hydrogen-bond acceptors (Lipinski definition) is 1. The van der Waals surface area contributed by atoms with Crippen molar-refractivity contribution >= 4 is 11.6 Å². The standard InChI is InChI=1S/C11H15ClFN/c1-3-14-8(2)6-9-7-10(13)4-5-11(9)12/h4-5,7-8,14H,3,6H2,1-2H3. The molecule has 0 bridgehead atoms. The van der Waals surface area contributed by atoms with E-state index in [0.717, 1.165) is 18.5 Å². The molecule has 0 saturated heterocycles. The Morgan fingerprint density at radius 3 is 2.86 bits per heavy atom. The van der Waals surface area contributed by atoms with Crippen molar-refractivity contribution in [3.8, 4) is 0 Å². The SMILES string of the molecule is CCNC(C)Cc1cc(F)ccc1Cl. The Bertz CT molecular complexity index is 301. The molecule has 0 aromatic heterocycles. The molecule has 0 spiro atoms. The number of halogens is 2. The fraction of sp³-hybridized carbons (Fsp3) is 0.455. The van der Waals surface area contributed by atoms with E-state index in [1.165, 1.54) is 12.1 Å². The van der Waals surface area contributed by atoms with Gasteiger partial charge in [0.1, 0.15) is 5.82 Å². The fourth-order valence-corrected chi connectivity index (χ4v) is 1.64. The van der Waals surface area contributed by atoms with E-state index in [-0.39, 0.29) is 5.82 Å². The fourth-order valence-electron chi connectivity index (χ4n) is 1.45. The molecular weight excluding hydrogens is 201 g/mol. The van der Waals surface area contributed by atoms with Crippen LogP contribution in [0.3, 0.4) is 0 Å². The van der Waals surface area contributed by atoms with Gasteiger partial charge in [0.2, 0.25) is 0 Å². The summed E-state index contributed by atoms with van der Waals surface area (Å²) < 4.78 is 12.9. The third-order valence-corrected chi connectivity index (χ3v) is 2.46. The van der Waals surface area contributed by atoms with Gasteiger partial charge in [-0.2, -0.15) is 0 Å². The Hall–Kier alpha value is -0.600. The van der Waals surface area contributed by atoms with E-state index in [9.17, 15) is 4.39 Å². The molecule has 0 amide bonds. The summed E-state index contributed by atoms with van der Waals surface area (Å²) in [6.45, 7) is 5.02. The first-order valence-electron chi connectivity index (χ1n) is 4.80. The van der Waals surface area contributed by atoms with Crippen LogP contribution in [-0.4, -0.2) is 12.6 Å². The second-order valence-corrected chi connectivity index (χ2v) is 3.81. The molecule has 78 valence electrons. The molecule has 1 nitrogen and oxygen atoms in total. The zero-order chi connectivity index (χ0) is 10.6. The highest BCUT2D eigenvalue weighted by atomic mass is 35.5. The van der Waals surface area contributed by atoms with Gasteiger partial charge in [0.05, 0.1) is 0 Å². The summed E-state index contributed by atoms with van der Waals surface area (Å²) in [5.41, 5.74) is 0.861. The average molecular weight is 216 g/mol.